The zero-order valence-corrected chi connectivity index (χ0v) is 15.4. The molecule has 0 unspecified atom stereocenters. The van der Waals surface area contributed by atoms with Crippen molar-refractivity contribution in [2.75, 3.05) is 7.11 Å². The lowest BCUT2D eigenvalue weighted by Crippen LogP contribution is -2.21. The van der Waals surface area contributed by atoms with Gasteiger partial charge in [0.1, 0.15) is 11.6 Å². The highest BCUT2D eigenvalue weighted by molar-refractivity contribution is 9.10. The number of fused-ring (bicyclic) bond motifs is 1. The molecule has 7 heteroatoms. The van der Waals surface area contributed by atoms with Crippen LogP contribution < -0.4 is 10.2 Å². The number of nitrogens with zero attached hydrogens (tertiary/aromatic N) is 3. The van der Waals surface area contributed by atoms with Gasteiger partial charge in [-0.1, -0.05) is 28.1 Å². The number of amides is 1. The quantitative estimate of drug-likeness (QED) is 0.528. The summed E-state index contributed by atoms with van der Waals surface area (Å²) in [6.45, 7) is 0. The fourth-order valence-electron chi connectivity index (χ4n) is 2.52. The summed E-state index contributed by atoms with van der Waals surface area (Å²) >= 11 is 3.40. The molecule has 25 heavy (non-hydrogen) atoms. The van der Waals surface area contributed by atoms with Crippen molar-refractivity contribution in [1.29, 1.82) is 0 Å². The second-order valence-corrected chi connectivity index (χ2v) is 6.35. The van der Waals surface area contributed by atoms with Crippen molar-refractivity contribution in [2.45, 2.75) is 6.42 Å². The SMILES string of the molecule is COc1ccc(Br)cc1/C=N/NC(=O)Cc1nc2ccccc2n1C. The summed E-state index contributed by atoms with van der Waals surface area (Å²) in [6.07, 6.45) is 1.70. The number of aryl methyl sites for hydroxylation is 1. The molecule has 128 valence electrons. The number of ether oxygens (including phenoxy) is 1. The van der Waals surface area contributed by atoms with Gasteiger partial charge in [0, 0.05) is 17.1 Å². The highest BCUT2D eigenvalue weighted by Crippen LogP contribution is 2.21. The molecule has 0 fully saturated rings. The molecule has 1 N–H and O–H groups in total. The summed E-state index contributed by atoms with van der Waals surface area (Å²) in [6, 6.07) is 13.3. The molecule has 0 aliphatic rings. The third-order valence-corrected chi connectivity index (χ3v) is 4.28. The van der Waals surface area contributed by atoms with E-state index in [1.807, 2.05) is 54.1 Å². The molecule has 0 saturated carbocycles. The Morgan fingerprint density at radius 1 is 1.36 bits per heavy atom. The minimum absolute atomic E-state index is 0.151. The number of nitrogens with one attached hydrogen (secondary N) is 1. The first-order chi connectivity index (χ1) is 12.1. The Bertz CT molecular complexity index is 949. The van der Waals surface area contributed by atoms with Gasteiger partial charge in [0.15, 0.2) is 0 Å². The highest BCUT2D eigenvalue weighted by atomic mass is 79.9. The summed E-state index contributed by atoms with van der Waals surface area (Å²) < 4.78 is 8.08. The monoisotopic (exact) mass is 400 g/mol. The lowest BCUT2D eigenvalue weighted by molar-refractivity contribution is -0.120. The summed E-state index contributed by atoms with van der Waals surface area (Å²) in [4.78, 5) is 16.6. The number of hydrogen-bond acceptors (Lipinski definition) is 4. The van der Waals surface area contributed by atoms with Crippen LogP contribution in [-0.4, -0.2) is 28.8 Å². The molecule has 3 aromatic rings. The average molecular weight is 401 g/mol. The average Bonchev–Trinajstić information content (AvgIpc) is 2.91. The fourth-order valence-corrected chi connectivity index (χ4v) is 2.90. The molecule has 0 bridgehead atoms. The Kier molecular flexibility index (Phi) is 5.14. The van der Waals surface area contributed by atoms with E-state index in [0.29, 0.717) is 11.6 Å². The molecule has 1 amide bonds. The first-order valence-electron chi connectivity index (χ1n) is 7.64. The van der Waals surface area contributed by atoms with Crippen molar-refractivity contribution in [2.24, 2.45) is 12.1 Å². The Balaban J connectivity index is 1.68. The maximum atomic E-state index is 12.1. The van der Waals surface area contributed by atoms with Crippen LogP contribution in [0.15, 0.2) is 52.0 Å². The van der Waals surface area contributed by atoms with Crippen molar-refractivity contribution in [3.05, 3.63) is 58.3 Å². The van der Waals surface area contributed by atoms with Crippen LogP contribution >= 0.6 is 15.9 Å². The number of methoxy groups -OCH3 is 1. The van der Waals surface area contributed by atoms with E-state index in [4.69, 9.17) is 4.74 Å². The van der Waals surface area contributed by atoms with Gasteiger partial charge in [-0.15, -0.1) is 0 Å². The van der Waals surface area contributed by atoms with Crippen molar-refractivity contribution in [3.63, 3.8) is 0 Å². The maximum absolute atomic E-state index is 12.1. The molecule has 0 atom stereocenters. The fraction of sp³-hybridized carbons (Fsp3) is 0.167. The summed E-state index contributed by atoms with van der Waals surface area (Å²) in [5.74, 6) is 1.13. The van der Waals surface area contributed by atoms with Crippen LogP contribution in [0.2, 0.25) is 0 Å². The third kappa shape index (κ3) is 3.88. The van der Waals surface area contributed by atoms with Crippen LogP contribution in [0.1, 0.15) is 11.4 Å². The van der Waals surface area contributed by atoms with Gasteiger partial charge >= 0.3 is 0 Å². The van der Waals surface area contributed by atoms with E-state index in [9.17, 15) is 4.79 Å². The molecule has 1 heterocycles. The normalized spacial score (nSPS) is 11.2. The number of aromatic nitrogens is 2. The third-order valence-electron chi connectivity index (χ3n) is 3.78. The zero-order chi connectivity index (χ0) is 17.8. The van der Waals surface area contributed by atoms with E-state index >= 15 is 0 Å². The second-order valence-electron chi connectivity index (χ2n) is 5.43. The van der Waals surface area contributed by atoms with Gasteiger partial charge in [0.2, 0.25) is 5.91 Å². The number of para-hydroxylation sites is 2. The lowest BCUT2D eigenvalue weighted by atomic mass is 10.2. The Hall–Kier alpha value is -2.67. The topological polar surface area (TPSA) is 68.5 Å². The molecule has 0 radical (unpaired) electrons. The van der Waals surface area contributed by atoms with E-state index in [1.165, 1.54) is 0 Å². The summed E-state index contributed by atoms with van der Waals surface area (Å²) in [7, 11) is 3.48. The standard InChI is InChI=1S/C18H17BrN4O2/c1-23-15-6-4-3-5-14(15)21-17(23)10-18(24)22-20-11-12-9-13(19)7-8-16(12)25-2/h3-9,11H,10H2,1-2H3,(H,22,24)/b20-11+. The first-order valence-corrected chi connectivity index (χ1v) is 8.43. The van der Waals surface area contributed by atoms with Gasteiger partial charge in [-0.25, -0.2) is 10.4 Å². The molecule has 0 aliphatic carbocycles. The van der Waals surface area contributed by atoms with E-state index in [2.05, 4.69) is 31.4 Å². The number of hydrazone groups is 1. The van der Waals surface area contributed by atoms with E-state index < -0.39 is 0 Å². The van der Waals surface area contributed by atoms with Crippen LogP contribution in [0.25, 0.3) is 11.0 Å². The zero-order valence-electron chi connectivity index (χ0n) is 13.9. The van der Waals surface area contributed by atoms with E-state index in [1.54, 1.807) is 13.3 Å². The van der Waals surface area contributed by atoms with E-state index in [0.717, 1.165) is 21.1 Å². The van der Waals surface area contributed by atoms with Crippen LogP contribution in [0, 0.1) is 0 Å². The number of hydrogen-bond donors (Lipinski definition) is 1. The van der Waals surface area contributed by atoms with Crippen LogP contribution in [0.5, 0.6) is 5.75 Å². The molecule has 0 saturated heterocycles. The largest absolute Gasteiger partial charge is 0.496 e. The Morgan fingerprint density at radius 2 is 2.16 bits per heavy atom. The smallest absolute Gasteiger partial charge is 0.247 e. The molecule has 2 aromatic carbocycles. The molecule has 6 nitrogen and oxygen atoms in total. The Morgan fingerprint density at radius 3 is 2.92 bits per heavy atom. The van der Waals surface area contributed by atoms with Gasteiger partial charge in [-0.3, -0.25) is 4.79 Å². The summed E-state index contributed by atoms with van der Waals surface area (Å²) in [5.41, 5.74) is 5.16. The molecule has 1 aromatic heterocycles. The van der Waals surface area contributed by atoms with Crippen molar-refractivity contribution in [1.82, 2.24) is 15.0 Å². The van der Waals surface area contributed by atoms with Crippen LogP contribution in [0.4, 0.5) is 0 Å². The predicted molar refractivity (Wildman–Crippen MR) is 101 cm³/mol. The first kappa shape index (κ1) is 17.2. The van der Waals surface area contributed by atoms with Crippen molar-refractivity contribution >= 4 is 39.1 Å². The van der Waals surface area contributed by atoms with Crippen LogP contribution in [0.3, 0.4) is 0 Å². The van der Waals surface area contributed by atoms with Gasteiger partial charge in [-0.2, -0.15) is 5.10 Å². The van der Waals surface area contributed by atoms with Gasteiger partial charge in [-0.05, 0) is 30.3 Å². The maximum Gasteiger partial charge on any atom is 0.247 e. The number of imidazole rings is 1. The van der Waals surface area contributed by atoms with Crippen LogP contribution in [-0.2, 0) is 18.3 Å². The van der Waals surface area contributed by atoms with Crippen molar-refractivity contribution in [3.8, 4) is 5.75 Å². The van der Waals surface area contributed by atoms with E-state index in [-0.39, 0.29) is 12.3 Å². The second kappa shape index (κ2) is 7.48. The predicted octanol–water partition coefficient (Wildman–Crippen LogP) is 3.04. The van der Waals surface area contributed by atoms with Gasteiger partial charge < -0.3 is 9.30 Å². The molecule has 3 rings (SSSR count). The number of carbonyl (C=O) groups is 1. The number of halogens is 1. The minimum Gasteiger partial charge on any atom is -0.496 e. The van der Waals surface area contributed by atoms with Crippen molar-refractivity contribution < 1.29 is 9.53 Å². The highest BCUT2D eigenvalue weighted by Gasteiger charge is 2.11. The number of carbonyl (C=O) groups excluding carboxylic acids is 1. The number of rotatable bonds is 5. The lowest BCUT2D eigenvalue weighted by Gasteiger charge is -2.05. The minimum atomic E-state index is -0.233. The van der Waals surface area contributed by atoms with Gasteiger partial charge in [0.05, 0.1) is 30.8 Å². The van der Waals surface area contributed by atoms with Gasteiger partial charge in [0.25, 0.3) is 0 Å². The molecular weight excluding hydrogens is 384 g/mol. The molecule has 0 aliphatic heterocycles. The number of benzene rings is 2. The molecular formula is C18H17BrN4O2. The molecule has 0 spiro atoms. The summed E-state index contributed by atoms with van der Waals surface area (Å²) in [5, 5.41) is 4.01. The Labute approximate surface area is 153 Å².